The van der Waals surface area contributed by atoms with Crippen LogP contribution in [0.4, 0.5) is 27.9 Å². The van der Waals surface area contributed by atoms with Gasteiger partial charge in [0, 0.05) is 50.7 Å². The third-order valence-corrected chi connectivity index (χ3v) is 4.60. The Hall–Kier alpha value is -3.30. The number of nitrogens with one attached hydrogen (secondary N) is 4. The Bertz CT molecular complexity index is 887. The molecule has 156 valence electrons. The molecule has 1 aromatic carbocycles. The van der Waals surface area contributed by atoms with Crippen LogP contribution in [0, 0.1) is 0 Å². The van der Waals surface area contributed by atoms with E-state index in [0.717, 1.165) is 38.0 Å². The summed E-state index contributed by atoms with van der Waals surface area (Å²) >= 11 is 0. The normalized spacial score (nSPS) is 13.0. The van der Waals surface area contributed by atoms with E-state index >= 15 is 0 Å². The molecule has 10 heteroatoms. The monoisotopic (exact) mass is 407 g/mol. The molecule has 2 radical (unpaired) electrons. The number of anilines is 4. The van der Waals surface area contributed by atoms with Crippen LogP contribution < -0.4 is 26.7 Å². The number of benzene rings is 1. The molecule has 30 heavy (non-hydrogen) atoms. The maximum Gasteiger partial charge on any atom is 0.321 e. The van der Waals surface area contributed by atoms with Crippen LogP contribution >= 0.6 is 0 Å². The van der Waals surface area contributed by atoms with Crippen molar-refractivity contribution in [2.75, 3.05) is 42.1 Å². The molecule has 1 saturated heterocycles. The van der Waals surface area contributed by atoms with Crippen molar-refractivity contribution in [1.29, 1.82) is 0 Å². The van der Waals surface area contributed by atoms with E-state index in [-0.39, 0.29) is 11.9 Å². The van der Waals surface area contributed by atoms with Crippen molar-refractivity contribution < 1.29 is 9.59 Å². The Balaban J connectivity index is 1.57. The van der Waals surface area contributed by atoms with Crippen LogP contribution in [0.3, 0.4) is 0 Å². The highest BCUT2D eigenvalue weighted by Crippen LogP contribution is 2.19. The molecular weight excluding hydrogens is 381 g/mol. The fourth-order valence-electron chi connectivity index (χ4n) is 3.08. The highest BCUT2D eigenvalue weighted by atomic mass is 16.2. The Labute approximate surface area is 177 Å². The fraction of sp³-hybridized carbons (Fsp3) is 0.400. The standard InChI is InChI=1S/C20H26BN7O2/c1-14(29)22-8-5-9-23-18-17(21)13-24-19(27-18)25-15-6-4-7-16(12-15)26-20(30)28-10-2-3-11-28/h4,6-7,12-13H,2-3,5,8-11H2,1H3,(H,22,29)(H,26,30)(H2,23,24,25,27). The smallest absolute Gasteiger partial charge is 0.321 e. The SMILES string of the molecule is [B]c1cnc(Nc2cccc(NC(=O)N3CCCC3)c2)nc1NCCCNC(C)=O. The van der Waals surface area contributed by atoms with Crippen LogP contribution in [0.25, 0.3) is 0 Å². The minimum atomic E-state index is -0.0841. The molecule has 0 bridgehead atoms. The van der Waals surface area contributed by atoms with Crippen molar-refractivity contribution in [2.45, 2.75) is 26.2 Å². The lowest BCUT2D eigenvalue weighted by Crippen LogP contribution is -2.32. The van der Waals surface area contributed by atoms with Crippen LogP contribution in [0.1, 0.15) is 26.2 Å². The van der Waals surface area contributed by atoms with Gasteiger partial charge in [0.2, 0.25) is 11.9 Å². The first-order valence-electron chi connectivity index (χ1n) is 10.0. The predicted molar refractivity (Wildman–Crippen MR) is 119 cm³/mol. The average Bonchev–Trinajstić information content (AvgIpc) is 3.25. The van der Waals surface area contributed by atoms with E-state index in [9.17, 15) is 9.59 Å². The second kappa shape index (κ2) is 10.5. The zero-order chi connectivity index (χ0) is 21.3. The largest absolute Gasteiger partial charge is 0.370 e. The lowest BCUT2D eigenvalue weighted by molar-refractivity contribution is -0.118. The van der Waals surface area contributed by atoms with Gasteiger partial charge >= 0.3 is 6.03 Å². The number of urea groups is 1. The van der Waals surface area contributed by atoms with Crippen molar-refractivity contribution in [2.24, 2.45) is 0 Å². The summed E-state index contributed by atoms with van der Waals surface area (Å²) in [6, 6.07) is 7.30. The Morgan fingerprint density at radius 1 is 1.17 bits per heavy atom. The molecule has 3 rings (SSSR count). The van der Waals surface area contributed by atoms with Crippen molar-refractivity contribution in [3.8, 4) is 0 Å². The minimum absolute atomic E-state index is 0.0538. The van der Waals surface area contributed by atoms with E-state index in [0.29, 0.717) is 36.0 Å². The summed E-state index contributed by atoms with van der Waals surface area (Å²) in [6.45, 7) is 4.27. The van der Waals surface area contributed by atoms with Gasteiger partial charge in [-0.05, 0) is 42.9 Å². The van der Waals surface area contributed by atoms with Gasteiger partial charge in [-0.25, -0.2) is 9.78 Å². The summed E-state index contributed by atoms with van der Waals surface area (Å²) in [6.07, 6.45) is 4.37. The molecule has 9 nitrogen and oxygen atoms in total. The molecule has 0 atom stereocenters. The third-order valence-electron chi connectivity index (χ3n) is 4.60. The number of carbonyl (C=O) groups is 2. The third kappa shape index (κ3) is 6.36. The van der Waals surface area contributed by atoms with E-state index in [1.807, 2.05) is 29.2 Å². The van der Waals surface area contributed by atoms with Crippen molar-refractivity contribution in [3.05, 3.63) is 30.5 Å². The zero-order valence-electron chi connectivity index (χ0n) is 17.1. The van der Waals surface area contributed by atoms with Gasteiger partial charge in [-0.15, -0.1) is 0 Å². The summed E-state index contributed by atoms with van der Waals surface area (Å²) < 4.78 is 0. The number of hydrogen-bond acceptors (Lipinski definition) is 6. The number of likely N-dealkylation sites (tertiary alicyclic amines) is 1. The summed E-state index contributed by atoms with van der Waals surface area (Å²) in [5.41, 5.74) is 1.88. The van der Waals surface area contributed by atoms with Gasteiger partial charge in [-0.2, -0.15) is 4.98 Å². The van der Waals surface area contributed by atoms with Crippen LogP contribution in [0.15, 0.2) is 30.5 Å². The summed E-state index contributed by atoms with van der Waals surface area (Å²) in [5.74, 6) is 0.854. The first-order chi connectivity index (χ1) is 14.5. The van der Waals surface area contributed by atoms with Crippen LogP contribution in [-0.2, 0) is 4.79 Å². The topological polar surface area (TPSA) is 111 Å². The van der Waals surface area contributed by atoms with Gasteiger partial charge in [-0.1, -0.05) is 6.07 Å². The van der Waals surface area contributed by atoms with Crippen LogP contribution in [-0.4, -0.2) is 60.8 Å². The molecule has 1 aromatic heterocycles. The van der Waals surface area contributed by atoms with E-state index in [2.05, 4.69) is 31.2 Å². The Morgan fingerprint density at radius 3 is 2.70 bits per heavy atom. The molecule has 1 aliphatic heterocycles. The van der Waals surface area contributed by atoms with Gasteiger partial charge in [0.1, 0.15) is 13.7 Å². The molecular formula is C20H26BN7O2. The number of nitrogens with zero attached hydrogens (tertiary/aromatic N) is 3. The maximum atomic E-state index is 12.3. The molecule has 4 N–H and O–H groups in total. The maximum absolute atomic E-state index is 12.3. The average molecular weight is 407 g/mol. The lowest BCUT2D eigenvalue weighted by atomic mass is 9.99. The van der Waals surface area contributed by atoms with Gasteiger partial charge < -0.3 is 26.2 Å². The van der Waals surface area contributed by atoms with E-state index in [4.69, 9.17) is 7.85 Å². The van der Waals surface area contributed by atoms with Crippen molar-refractivity contribution >= 4 is 48.4 Å². The predicted octanol–water partition coefficient (Wildman–Crippen LogP) is 1.58. The molecule has 0 aliphatic carbocycles. The van der Waals surface area contributed by atoms with Crippen LogP contribution in [0.2, 0.25) is 0 Å². The number of carbonyl (C=O) groups excluding carboxylic acids is 2. The van der Waals surface area contributed by atoms with Gasteiger partial charge in [0.25, 0.3) is 0 Å². The molecule has 2 heterocycles. The number of aromatic nitrogens is 2. The minimum Gasteiger partial charge on any atom is -0.370 e. The molecule has 0 saturated carbocycles. The lowest BCUT2D eigenvalue weighted by Gasteiger charge is -2.16. The van der Waals surface area contributed by atoms with E-state index in [1.165, 1.54) is 13.1 Å². The number of amides is 3. The summed E-state index contributed by atoms with van der Waals surface area (Å²) in [7, 11) is 5.95. The Kier molecular flexibility index (Phi) is 7.48. The van der Waals surface area contributed by atoms with Crippen molar-refractivity contribution in [1.82, 2.24) is 20.2 Å². The highest BCUT2D eigenvalue weighted by molar-refractivity contribution is 6.35. The first kappa shape index (κ1) is 21.4. The van der Waals surface area contributed by atoms with Gasteiger partial charge in [0.05, 0.1) is 0 Å². The second-order valence-electron chi connectivity index (χ2n) is 7.09. The summed E-state index contributed by atoms with van der Waals surface area (Å²) in [5, 5.41) is 11.9. The summed E-state index contributed by atoms with van der Waals surface area (Å²) in [4.78, 5) is 33.6. The molecule has 0 spiro atoms. The molecule has 3 amide bonds. The van der Waals surface area contributed by atoms with E-state index in [1.54, 1.807) is 0 Å². The first-order valence-corrected chi connectivity index (χ1v) is 10.0. The fourth-order valence-corrected chi connectivity index (χ4v) is 3.08. The molecule has 1 aliphatic rings. The number of hydrogen-bond donors (Lipinski definition) is 4. The molecule has 2 aromatic rings. The Morgan fingerprint density at radius 2 is 1.93 bits per heavy atom. The molecule has 1 fully saturated rings. The van der Waals surface area contributed by atoms with E-state index < -0.39 is 0 Å². The highest BCUT2D eigenvalue weighted by Gasteiger charge is 2.17. The zero-order valence-corrected chi connectivity index (χ0v) is 17.1. The van der Waals surface area contributed by atoms with Gasteiger partial charge in [-0.3, -0.25) is 4.79 Å². The quantitative estimate of drug-likeness (QED) is 0.391. The second-order valence-corrected chi connectivity index (χ2v) is 7.09. The number of rotatable bonds is 8. The van der Waals surface area contributed by atoms with Crippen molar-refractivity contribution in [3.63, 3.8) is 0 Å². The van der Waals surface area contributed by atoms with Crippen LogP contribution in [0.5, 0.6) is 0 Å². The van der Waals surface area contributed by atoms with Gasteiger partial charge in [0.15, 0.2) is 0 Å². The molecule has 0 unspecified atom stereocenters.